The average molecular weight is 379 g/mol. The van der Waals surface area contributed by atoms with Crippen molar-refractivity contribution in [3.05, 3.63) is 16.3 Å². The van der Waals surface area contributed by atoms with E-state index in [9.17, 15) is 4.79 Å². The van der Waals surface area contributed by atoms with Crippen LogP contribution in [0.3, 0.4) is 0 Å². The highest BCUT2D eigenvalue weighted by Gasteiger charge is 2.26. The van der Waals surface area contributed by atoms with E-state index in [4.69, 9.17) is 0 Å². The molecule has 0 bridgehead atoms. The summed E-state index contributed by atoms with van der Waals surface area (Å²) in [7, 11) is 0. The van der Waals surface area contributed by atoms with Gasteiger partial charge in [-0.05, 0) is 39.8 Å². The van der Waals surface area contributed by atoms with E-state index in [1.807, 2.05) is 18.7 Å². The molecule has 25 heavy (non-hydrogen) atoms. The maximum absolute atomic E-state index is 12.9. The SMILES string of the molecule is CCN1CCN(C(=O)C(C)Sc2nc(C)nc3sc(C)c(C)c23)CC1. The monoisotopic (exact) mass is 378 g/mol. The lowest BCUT2D eigenvalue weighted by molar-refractivity contribution is -0.132. The number of aryl methyl sites for hydroxylation is 3. The molecule has 0 N–H and O–H groups in total. The first-order valence-corrected chi connectivity index (χ1v) is 10.5. The lowest BCUT2D eigenvalue weighted by atomic mass is 10.2. The van der Waals surface area contributed by atoms with Crippen LogP contribution in [-0.4, -0.2) is 63.6 Å². The number of hydrogen-bond acceptors (Lipinski definition) is 6. The van der Waals surface area contributed by atoms with Crippen LogP contribution < -0.4 is 0 Å². The molecule has 136 valence electrons. The molecule has 1 aliphatic heterocycles. The van der Waals surface area contributed by atoms with Gasteiger partial charge >= 0.3 is 0 Å². The maximum atomic E-state index is 12.9. The van der Waals surface area contributed by atoms with Gasteiger partial charge in [0.25, 0.3) is 0 Å². The van der Waals surface area contributed by atoms with Crippen LogP contribution in [0.25, 0.3) is 10.2 Å². The maximum Gasteiger partial charge on any atom is 0.235 e. The third-order valence-electron chi connectivity index (χ3n) is 4.87. The molecule has 3 rings (SSSR count). The summed E-state index contributed by atoms with van der Waals surface area (Å²) in [6.07, 6.45) is 0. The molecule has 5 nitrogen and oxygen atoms in total. The van der Waals surface area contributed by atoms with Crippen LogP contribution in [0.5, 0.6) is 0 Å². The van der Waals surface area contributed by atoms with Gasteiger partial charge in [0, 0.05) is 36.4 Å². The Balaban J connectivity index is 1.78. The summed E-state index contributed by atoms with van der Waals surface area (Å²) < 4.78 is 0. The number of carbonyl (C=O) groups is 1. The molecule has 2 aromatic rings. The fraction of sp³-hybridized carbons (Fsp3) is 0.611. The molecule has 1 atom stereocenters. The van der Waals surface area contributed by atoms with E-state index in [1.54, 1.807) is 23.1 Å². The van der Waals surface area contributed by atoms with Gasteiger partial charge in [0.2, 0.25) is 5.91 Å². The highest BCUT2D eigenvalue weighted by molar-refractivity contribution is 8.00. The normalized spacial score (nSPS) is 17.2. The van der Waals surface area contributed by atoms with Crippen LogP contribution in [0.1, 0.15) is 30.1 Å². The molecule has 0 radical (unpaired) electrons. The largest absolute Gasteiger partial charge is 0.339 e. The van der Waals surface area contributed by atoms with Gasteiger partial charge in [-0.3, -0.25) is 4.79 Å². The molecule has 1 unspecified atom stereocenters. The second-order valence-electron chi connectivity index (χ2n) is 6.56. The summed E-state index contributed by atoms with van der Waals surface area (Å²) >= 11 is 3.28. The number of carbonyl (C=O) groups excluding carboxylic acids is 1. The van der Waals surface area contributed by atoms with E-state index < -0.39 is 0 Å². The number of rotatable bonds is 4. The first-order valence-electron chi connectivity index (χ1n) is 8.82. The lowest BCUT2D eigenvalue weighted by Gasteiger charge is -2.35. The van der Waals surface area contributed by atoms with Crippen molar-refractivity contribution < 1.29 is 4.79 Å². The van der Waals surface area contributed by atoms with Crippen molar-refractivity contribution >= 4 is 39.2 Å². The summed E-state index contributed by atoms with van der Waals surface area (Å²) in [5.74, 6) is 0.988. The number of fused-ring (bicyclic) bond motifs is 1. The minimum atomic E-state index is -0.134. The molecule has 2 aromatic heterocycles. The van der Waals surface area contributed by atoms with Crippen LogP contribution in [0.15, 0.2) is 5.03 Å². The number of thiophene rings is 1. The van der Waals surface area contributed by atoms with E-state index in [2.05, 4.69) is 35.6 Å². The molecule has 1 aliphatic rings. The molecule has 0 aliphatic carbocycles. The highest BCUT2D eigenvalue weighted by Crippen LogP contribution is 2.36. The van der Waals surface area contributed by atoms with E-state index >= 15 is 0 Å². The zero-order valence-electron chi connectivity index (χ0n) is 15.6. The van der Waals surface area contributed by atoms with Crippen molar-refractivity contribution in [1.29, 1.82) is 0 Å². The van der Waals surface area contributed by atoms with Crippen molar-refractivity contribution in [3.8, 4) is 0 Å². The fourth-order valence-corrected chi connectivity index (χ4v) is 5.44. The number of likely N-dealkylation sites (N-methyl/N-ethyl adjacent to an activating group) is 1. The van der Waals surface area contributed by atoms with Gasteiger partial charge in [0.1, 0.15) is 15.7 Å². The van der Waals surface area contributed by atoms with E-state index in [0.717, 1.165) is 53.8 Å². The highest BCUT2D eigenvalue weighted by atomic mass is 32.2. The Morgan fingerprint density at radius 1 is 1.20 bits per heavy atom. The number of piperazine rings is 1. The third kappa shape index (κ3) is 3.83. The average Bonchev–Trinajstić information content (AvgIpc) is 2.88. The number of aromatic nitrogens is 2. The Morgan fingerprint density at radius 3 is 2.52 bits per heavy atom. The molecule has 1 saturated heterocycles. The number of thioether (sulfide) groups is 1. The molecule has 0 saturated carbocycles. The van der Waals surface area contributed by atoms with Gasteiger partial charge in [-0.15, -0.1) is 11.3 Å². The summed E-state index contributed by atoms with van der Waals surface area (Å²) in [4.78, 5) is 28.8. The Bertz CT molecular complexity index is 781. The number of amides is 1. The second-order valence-corrected chi connectivity index (χ2v) is 9.09. The minimum Gasteiger partial charge on any atom is -0.339 e. The lowest BCUT2D eigenvalue weighted by Crippen LogP contribution is -2.50. The number of nitrogens with zero attached hydrogens (tertiary/aromatic N) is 4. The van der Waals surface area contributed by atoms with Crippen molar-refractivity contribution in [1.82, 2.24) is 19.8 Å². The zero-order valence-corrected chi connectivity index (χ0v) is 17.3. The first kappa shape index (κ1) is 18.6. The Hall–Kier alpha value is -1.18. The van der Waals surface area contributed by atoms with Crippen LogP contribution in [0.2, 0.25) is 0 Å². The number of hydrogen-bond donors (Lipinski definition) is 0. The molecule has 7 heteroatoms. The topological polar surface area (TPSA) is 49.3 Å². The summed E-state index contributed by atoms with van der Waals surface area (Å²) in [6, 6.07) is 0. The molecular formula is C18H26N4OS2. The van der Waals surface area contributed by atoms with E-state index in [1.165, 1.54) is 10.4 Å². The second kappa shape index (κ2) is 7.60. The summed E-state index contributed by atoms with van der Waals surface area (Å²) in [6.45, 7) is 15.0. The van der Waals surface area contributed by atoms with Crippen LogP contribution in [0, 0.1) is 20.8 Å². The van der Waals surface area contributed by atoms with Crippen LogP contribution in [0.4, 0.5) is 0 Å². The Labute approximate surface area is 157 Å². The summed E-state index contributed by atoms with van der Waals surface area (Å²) in [5.41, 5.74) is 1.23. The molecule has 0 aromatic carbocycles. The molecular weight excluding hydrogens is 352 g/mol. The van der Waals surface area contributed by atoms with Gasteiger partial charge < -0.3 is 9.80 Å². The minimum absolute atomic E-state index is 0.134. The van der Waals surface area contributed by atoms with Gasteiger partial charge in [-0.1, -0.05) is 18.7 Å². The first-order chi connectivity index (χ1) is 11.9. The molecule has 1 amide bonds. The molecule has 0 spiro atoms. The molecule has 3 heterocycles. The van der Waals surface area contributed by atoms with Crippen molar-refractivity contribution in [3.63, 3.8) is 0 Å². The quantitative estimate of drug-likeness (QED) is 0.604. The predicted octanol–water partition coefficient (Wildman–Crippen LogP) is 3.26. The van der Waals surface area contributed by atoms with Gasteiger partial charge in [0.15, 0.2) is 0 Å². The standard InChI is InChI=1S/C18H26N4OS2/c1-6-21-7-9-22(10-8-21)18(23)13(4)25-17-15-11(2)12(3)24-16(15)19-14(5)20-17/h13H,6-10H2,1-5H3. The Kier molecular flexibility index (Phi) is 5.65. The van der Waals surface area contributed by atoms with Crippen LogP contribution in [-0.2, 0) is 4.79 Å². The van der Waals surface area contributed by atoms with Crippen molar-refractivity contribution in [2.75, 3.05) is 32.7 Å². The van der Waals surface area contributed by atoms with Crippen molar-refractivity contribution in [2.24, 2.45) is 0 Å². The third-order valence-corrected chi connectivity index (χ3v) is 7.05. The van der Waals surface area contributed by atoms with Gasteiger partial charge in [0.05, 0.1) is 5.25 Å². The van der Waals surface area contributed by atoms with Crippen LogP contribution >= 0.6 is 23.1 Å². The predicted molar refractivity (Wildman–Crippen MR) is 106 cm³/mol. The van der Waals surface area contributed by atoms with Gasteiger partial charge in [-0.2, -0.15) is 0 Å². The molecule has 1 fully saturated rings. The van der Waals surface area contributed by atoms with E-state index in [0.29, 0.717) is 0 Å². The van der Waals surface area contributed by atoms with Gasteiger partial charge in [-0.25, -0.2) is 9.97 Å². The summed E-state index contributed by atoms with van der Waals surface area (Å²) in [5, 5.41) is 1.93. The smallest absolute Gasteiger partial charge is 0.235 e. The zero-order chi connectivity index (χ0) is 18.1. The van der Waals surface area contributed by atoms with E-state index in [-0.39, 0.29) is 11.2 Å². The fourth-order valence-electron chi connectivity index (χ4n) is 3.16. The van der Waals surface area contributed by atoms with Crippen molar-refractivity contribution in [2.45, 2.75) is 44.9 Å². The Morgan fingerprint density at radius 2 is 1.88 bits per heavy atom.